The van der Waals surface area contributed by atoms with Crippen LogP contribution in [0.3, 0.4) is 0 Å². The van der Waals surface area contributed by atoms with Gasteiger partial charge < -0.3 is 5.32 Å². The van der Waals surface area contributed by atoms with Crippen molar-refractivity contribution in [1.82, 2.24) is 10.3 Å². The van der Waals surface area contributed by atoms with Gasteiger partial charge in [0.05, 0.1) is 17.6 Å². The molecule has 0 aliphatic carbocycles. The Morgan fingerprint density at radius 2 is 2.21 bits per heavy atom. The van der Waals surface area contributed by atoms with Gasteiger partial charge in [0.1, 0.15) is 5.82 Å². The van der Waals surface area contributed by atoms with E-state index in [0.717, 1.165) is 12.1 Å². The number of nitrogens with zero attached hydrogens (tertiary/aromatic N) is 1. The van der Waals surface area contributed by atoms with E-state index in [2.05, 4.69) is 10.3 Å². The summed E-state index contributed by atoms with van der Waals surface area (Å²) in [6, 6.07) is 6.33. The van der Waals surface area contributed by atoms with Crippen molar-refractivity contribution < 1.29 is 9.18 Å². The molecule has 0 unspecified atom stereocenters. The van der Waals surface area contributed by atoms with E-state index in [1.54, 1.807) is 35.0 Å². The highest BCUT2D eigenvalue weighted by Crippen LogP contribution is 2.12. The van der Waals surface area contributed by atoms with Gasteiger partial charge in [0.2, 0.25) is 5.91 Å². The van der Waals surface area contributed by atoms with Crippen molar-refractivity contribution in [2.75, 3.05) is 6.54 Å². The molecule has 0 aliphatic heterocycles. The van der Waals surface area contributed by atoms with Crippen LogP contribution >= 0.6 is 11.3 Å². The van der Waals surface area contributed by atoms with Gasteiger partial charge in [-0.3, -0.25) is 4.79 Å². The summed E-state index contributed by atoms with van der Waals surface area (Å²) in [6.45, 7) is 2.50. The Morgan fingerprint density at radius 3 is 2.89 bits per heavy atom. The third kappa shape index (κ3) is 3.86. The van der Waals surface area contributed by atoms with E-state index in [0.29, 0.717) is 12.1 Å². The quantitative estimate of drug-likeness (QED) is 0.913. The summed E-state index contributed by atoms with van der Waals surface area (Å²) in [4.78, 5) is 17.0. The van der Waals surface area contributed by atoms with Gasteiger partial charge >= 0.3 is 0 Å². The molecule has 3 nitrogen and oxygen atoms in total. The Bertz CT molecular complexity index is 568. The largest absolute Gasteiger partial charge is 0.355 e. The fraction of sp³-hybridized carbons (Fsp3) is 0.286. The molecule has 0 bridgehead atoms. The molecule has 0 saturated carbocycles. The lowest BCUT2D eigenvalue weighted by Crippen LogP contribution is -2.27. The van der Waals surface area contributed by atoms with E-state index in [4.69, 9.17) is 0 Å². The van der Waals surface area contributed by atoms with Gasteiger partial charge in [-0.1, -0.05) is 18.2 Å². The monoisotopic (exact) mass is 278 g/mol. The first-order valence-electron chi connectivity index (χ1n) is 6.06. The number of aromatic nitrogens is 1. The molecule has 5 heteroatoms. The average Bonchev–Trinajstić information content (AvgIpc) is 2.78. The maximum Gasteiger partial charge on any atom is 0.224 e. The Labute approximate surface area is 115 Å². The van der Waals surface area contributed by atoms with Crippen LogP contribution in [-0.2, 0) is 17.6 Å². The number of carbonyl (C=O) groups is 1. The SMILES string of the molecule is Cc1ncsc1CCNC(=O)Cc1ccccc1F. The standard InChI is InChI=1S/C14H15FN2OS/c1-10-13(19-9-17-10)6-7-16-14(18)8-11-4-2-3-5-12(11)15/h2-5,9H,6-8H2,1H3,(H,16,18). The maximum atomic E-state index is 13.4. The highest BCUT2D eigenvalue weighted by atomic mass is 32.1. The number of nitrogens with one attached hydrogen (secondary N) is 1. The van der Waals surface area contributed by atoms with Crippen LogP contribution in [0.5, 0.6) is 0 Å². The molecule has 1 aromatic heterocycles. The zero-order valence-corrected chi connectivity index (χ0v) is 11.5. The van der Waals surface area contributed by atoms with Crippen LogP contribution in [0.4, 0.5) is 4.39 Å². The van der Waals surface area contributed by atoms with Crippen LogP contribution in [0.15, 0.2) is 29.8 Å². The molecule has 1 amide bonds. The zero-order chi connectivity index (χ0) is 13.7. The summed E-state index contributed by atoms with van der Waals surface area (Å²) in [7, 11) is 0. The number of hydrogen-bond donors (Lipinski definition) is 1. The van der Waals surface area contributed by atoms with E-state index >= 15 is 0 Å². The zero-order valence-electron chi connectivity index (χ0n) is 10.6. The second-order valence-electron chi connectivity index (χ2n) is 4.23. The van der Waals surface area contributed by atoms with E-state index in [9.17, 15) is 9.18 Å². The molecular formula is C14H15FN2OS. The summed E-state index contributed by atoms with van der Waals surface area (Å²) < 4.78 is 13.4. The number of thiazole rings is 1. The minimum Gasteiger partial charge on any atom is -0.355 e. The van der Waals surface area contributed by atoms with Gasteiger partial charge in [-0.2, -0.15) is 0 Å². The molecule has 0 saturated heterocycles. The second kappa shape index (κ2) is 6.43. The molecule has 0 radical (unpaired) electrons. The molecule has 0 spiro atoms. The van der Waals surface area contributed by atoms with Gasteiger partial charge in [0.15, 0.2) is 0 Å². The lowest BCUT2D eigenvalue weighted by Gasteiger charge is -2.05. The molecular weight excluding hydrogens is 263 g/mol. The van der Waals surface area contributed by atoms with Gasteiger partial charge in [0.25, 0.3) is 0 Å². The van der Waals surface area contributed by atoms with Crippen molar-refractivity contribution in [2.45, 2.75) is 19.8 Å². The van der Waals surface area contributed by atoms with Gasteiger partial charge in [-0.25, -0.2) is 9.37 Å². The Balaban J connectivity index is 1.79. The molecule has 2 rings (SSSR count). The molecule has 1 aromatic carbocycles. The normalized spacial score (nSPS) is 10.4. The summed E-state index contributed by atoms with van der Waals surface area (Å²) in [5.41, 5.74) is 3.23. The first kappa shape index (κ1) is 13.7. The van der Waals surface area contributed by atoms with Crippen LogP contribution in [0.1, 0.15) is 16.1 Å². The van der Waals surface area contributed by atoms with Crippen LogP contribution in [-0.4, -0.2) is 17.4 Å². The topological polar surface area (TPSA) is 42.0 Å². The number of hydrogen-bond acceptors (Lipinski definition) is 3. The molecule has 100 valence electrons. The predicted octanol–water partition coefficient (Wildman–Crippen LogP) is 2.49. The Morgan fingerprint density at radius 1 is 1.42 bits per heavy atom. The van der Waals surface area contributed by atoms with Crippen molar-refractivity contribution in [3.05, 3.63) is 51.7 Å². The molecule has 0 aliphatic rings. The Kier molecular flexibility index (Phi) is 4.63. The number of carbonyl (C=O) groups excluding carboxylic acids is 1. The maximum absolute atomic E-state index is 13.4. The molecule has 0 fully saturated rings. The molecule has 0 atom stereocenters. The number of benzene rings is 1. The molecule has 2 aromatic rings. The third-order valence-corrected chi connectivity index (χ3v) is 3.82. The van der Waals surface area contributed by atoms with Crippen LogP contribution in [0.25, 0.3) is 0 Å². The van der Waals surface area contributed by atoms with E-state index < -0.39 is 0 Å². The first-order chi connectivity index (χ1) is 9.16. The summed E-state index contributed by atoms with van der Waals surface area (Å²) in [6.07, 6.45) is 0.841. The smallest absolute Gasteiger partial charge is 0.224 e. The summed E-state index contributed by atoms with van der Waals surface area (Å²) in [5.74, 6) is -0.497. The van der Waals surface area contributed by atoms with Crippen LogP contribution in [0, 0.1) is 12.7 Å². The van der Waals surface area contributed by atoms with Crippen LogP contribution < -0.4 is 5.32 Å². The lowest BCUT2D eigenvalue weighted by molar-refractivity contribution is -0.120. The van der Waals surface area contributed by atoms with E-state index in [1.807, 2.05) is 6.92 Å². The van der Waals surface area contributed by atoms with Crippen molar-refractivity contribution in [3.8, 4) is 0 Å². The fourth-order valence-electron chi connectivity index (χ4n) is 1.76. The molecule has 1 N–H and O–H groups in total. The number of aryl methyl sites for hydroxylation is 1. The van der Waals surface area contributed by atoms with Gasteiger partial charge in [-0.05, 0) is 18.6 Å². The van der Waals surface area contributed by atoms with Gasteiger partial charge in [-0.15, -0.1) is 11.3 Å². The predicted molar refractivity (Wildman–Crippen MR) is 73.7 cm³/mol. The number of amides is 1. The lowest BCUT2D eigenvalue weighted by atomic mass is 10.1. The van der Waals surface area contributed by atoms with Crippen molar-refractivity contribution in [3.63, 3.8) is 0 Å². The number of rotatable bonds is 5. The Hall–Kier alpha value is -1.75. The van der Waals surface area contributed by atoms with Crippen LogP contribution in [0.2, 0.25) is 0 Å². The second-order valence-corrected chi connectivity index (χ2v) is 5.17. The highest BCUT2D eigenvalue weighted by molar-refractivity contribution is 7.09. The fourth-order valence-corrected chi connectivity index (χ4v) is 2.54. The highest BCUT2D eigenvalue weighted by Gasteiger charge is 2.07. The third-order valence-electron chi connectivity index (χ3n) is 2.83. The van der Waals surface area contributed by atoms with Crippen molar-refractivity contribution >= 4 is 17.2 Å². The van der Waals surface area contributed by atoms with Crippen molar-refractivity contribution in [2.24, 2.45) is 0 Å². The van der Waals surface area contributed by atoms with E-state index in [-0.39, 0.29) is 18.1 Å². The first-order valence-corrected chi connectivity index (χ1v) is 6.94. The molecule has 19 heavy (non-hydrogen) atoms. The number of halogens is 1. The van der Waals surface area contributed by atoms with Gasteiger partial charge in [0, 0.05) is 17.8 Å². The minimum absolute atomic E-state index is 0.0777. The average molecular weight is 278 g/mol. The summed E-state index contributed by atoms with van der Waals surface area (Å²) in [5, 5.41) is 2.80. The molecule has 1 heterocycles. The summed E-state index contributed by atoms with van der Waals surface area (Å²) >= 11 is 1.59. The van der Waals surface area contributed by atoms with Crippen molar-refractivity contribution in [1.29, 1.82) is 0 Å². The van der Waals surface area contributed by atoms with E-state index in [1.165, 1.54) is 10.9 Å². The minimum atomic E-state index is -0.337.